The molecule has 0 bridgehead atoms. The summed E-state index contributed by atoms with van der Waals surface area (Å²) in [7, 11) is 0. The van der Waals surface area contributed by atoms with Crippen LogP contribution in [0.1, 0.15) is 105 Å². The van der Waals surface area contributed by atoms with Crippen molar-refractivity contribution in [1.82, 2.24) is 0 Å². The highest BCUT2D eigenvalue weighted by Gasteiger charge is 2.43. The van der Waals surface area contributed by atoms with E-state index in [0.717, 1.165) is 11.5 Å². The number of thioether (sulfide) groups is 2. The smallest absolute Gasteiger partial charge is 0.160 e. The Morgan fingerprint density at radius 3 is 1.29 bits per heavy atom. The van der Waals surface area contributed by atoms with Gasteiger partial charge in [0.25, 0.3) is 0 Å². The summed E-state index contributed by atoms with van der Waals surface area (Å²) in [6.07, 6.45) is 16.2. The number of unbranched alkanes of at least 4 members (excludes halogenated alkanes) is 10. The van der Waals surface area contributed by atoms with E-state index in [2.05, 4.69) is 51.2 Å². The Morgan fingerprint density at radius 2 is 0.914 bits per heavy atom. The molecule has 2 fully saturated rings. The zero-order valence-corrected chi connectivity index (χ0v) is 25.0. The summed E-state index contributed by atoms with van der Waals surface area (Å²) in [5.74, 6) is 5.56. The molecule has 2 rings (SSSR count). The molecule has 0 aromatic carbocycles. The summed E-state index contributed by atoms with van der Waals surface area (Å²) >= 11 is 4.10. The minimum Gasteiger partial charge on any atom is -0.352 e. The zero-order valence-electron chi connectivity index (χ0n) is 23.4. The van der Waals surface area contributed by atoms with Crippen molar-refractivity contribution in [3.8, 4) is 0 Å². The second-order valence-electron chi connectivity index (χ2n) is 11.1. The monoisotopic (exact) mass is 532 g/mol. The number of hydrogen-bond donors (Lipinski definition) is 0. The summed E-state index contributed by atoms with van der Waals surface area (Å²) in [6, 6.07) is 0. The van der Waals surface area contributed by atoms with Crippen LogP contribution in [0.15, 0.2) is 0 Å². The van der Waals surface area contributed by atoms with Crippen LogP contribution >= 0.6 is 23.5 Å². The summed E-state index contributed by atoms with van der Waals surface area (Å²) in [6.45, 7) is 11.8. The first-order chi connectivity index (χ1) is 17.1. The molecular weight excluding hydrogens is 476 g/mol. The number of ether oxygens (including phenoxy) is 4. The van der Waals surface area contributed by atoms with Crippen LogP contribution in [0.5, 0.6) is 0 Å². The predicted octanol–water partition coefficient (Wildman–Crippen LogP) is 8.18. The highest BCUT2D eigenvalue weighted by atomic mass is 32.2. The molecule has 208 valence electrons. The van der Waals surface area contributed by atoms with Gasteiger partial charge in [-0.2, -0.15) is 23.5 Å². The van der Waals surface area contributed by atoms with Crippen molar-refractivity contribution in [1.29, 1.82) is 0 Å². The third-order valence-corrected chi connectivity index (χ3v) is 9.87. The second kappa shape index (κ2) is 19.6. The van der Waals surface area contributed by atoms with Gasteiger partial charge in [0.05, 0.1) is 31.8 Å². The summed E-state index contributed by atoms with van der Waals surface area (Å²) in [4.78, 5) is 0. The first kappa shape index (κ1) is 31.8. The van der Waals surface area contributed by atoms with Gasteiger partial charge < -0.3 is 18.9 Å². The van der Waals surface area contributed by atoms with Gasteiger partial charge in [-0.3, -0.25) is 0 Å². The summed E-state index contributed by atoms with van der Waals surface area (Å²) in [5.41, 5.74) is -0.135. The minimum atomic E-state index is -0.135. The van der Waals surface area contributed by atoms with E-state index in [0.29, 0.717) is 38.3 Å². The Morgan fingerprint density at radius 1 is 0.571 bits per heavy atom. The minimum absolute atomic E-state index is 0.0901. The van der Waals surface area contributed by atoms with Crippen LogP contribution in [0.2, 0.25) is 0 Å². The molecule has 2 unspecified atom stereocenters. The fourth-order valence-corrected chi connectivity index (χ4v) is 6.91. The molecule has 0 radical (unpaired) electrons. The third-order valence-electron chi connectivity index (χ3n) is 7.19. The van der Waals surface area contributed by atoms with Crippen molar-refractivity contribution in [2.24, 2.45) is 17.3 Å². The van der Waals surface area contributed by atoms with Gasteiger partial charge in [0, 0.05) is 23.3 Å². The van der Waals surface area contributed by atoms with Gasteiger partial charge in [-0.1, -0.05) is 91.9 Å². The largest absolute Gasteiger partial charge is 0.352 e. The molecular formula is C29H56O4S2. The maximum absolute atomic E-state index is 6.18. The lowest BCUT2D eigenvalue weighted by Crippen LogP contribution is -2.54. The van der Waals surface area contributed by atoms with E-state index < -0.39 is 0 Å². The van der Waals surface area contributed by atoms with Crippen molar-refractivity contribution in [2.75, 3.05) is 49.4 Å². The Hall–Kier alpha value is 0.540. The maximum Gasteiger partial charge on any atom is 0.160 e. The molecule has 0 aromatic rings. The predicted molar refractivity (Wildman–Crippen MR) is 154 cm³/mol. The normalized spacial score (nSPS) is 26.7. The Balaban J connectivity index is 1.51. The lowest BCUT2D eigenvalue weighted by molar-refractivity contribution is -0.315. The van der Waals surface area contributed by atoms with Crippen LogP contribution in [0.25, 0.3) is 0 Å². The van der Waals surface area contributed by atoms with Gasteiger partial charge in [-0.15, -0.1) is 0 Å². The molecule has 0 saturated carbocycles. The standard InChI is InChI=1S/C29H56O4S2/c1-5-7-9-11-13-15-17-34-19-25(3)27-30-21-29(22-31-27)23-32-28(33-24-29)26(4)20-35-18-16-14-12-10-8-6-2/h25-28H,5-24H2,1-4H3. The first-order valence-corrected chi connectivity index (χ1v) is 17.0. The van der Waals surface area contributed by atoms with Crippen molar-refractivity contribution in [3.05, 3.63) is 0 Å². The van der Waals surface area contributed by atoms with E-state index in [1.54, 1.807) is 0 Å². The molecule has 35 heavy (non-hydrogen) atoms. The fourth-order valence-electron chi connectivity index (χ4n) is 4.70. The Bertz CT molecular complexity index is 444. The van der Waals surface area contributed by atoms with Crippen molar-refractivity contribution in [3.63, 3.8) is 0 Å². The van der Waals surface area contributed by atoms with E-state index in [4.69, 9.17) is 18.9 Å². The zero-order chi connectivity index (χ0) is 25.2. The van der Waals surface area contributed by atoms with Gasteiger partial charge in [-0.05, 0) is 24.3 Å². The lowest BCUT2D eigenvalue weighted by Gasteiger charge is -2.45. The number of rotatable bonds is 20. The molecule has 0 amide bonds. The average molecular weight is 533 g/mol. The Labute approximate surface area is 226 Å². The highest BCUT2D eigenvalue weighted by Crippen LogP contribution is 2.34. The van der Waals surface area contributed by atoms with Crippen molar-refractivity contribution >= 4 is 23.5 Å². The molecule has 2 saturated heterocycles. The topological polar surface area (TPSA) is 36.9 Å². The van der Waals surface area contributed by atoms with Crippen LogP contribution in [0.3, 0.4) is 0 Å². The maximum atomic E-state index is 6.18. The van der Waals surface area contributed by atoms with Crippen molar-refractivity contribution < 1.29 is 18.9 Å². The Kier molecular flexibility index (Phi) is 17.8. The van der Waals surface area contributed by atoms with E-state index in [-0.39, 0.29) is 18.0 Å². The molecule has 0 aromatic heterocycles. The highest BCUT2D eigenvalue weighted by molar-refractivity contribution is 7.99. The second-order valence-corrected chi connectivity index (χ2v) is 13.4. The van der Waals surface area contributed by atoms with Crippen LogP contribution in [0, 0.1) is 17.3 Å². The third kappa shape index (κ3) is 13.2. The van der Waals surface area contributed by atoms with Gasteiger partial charge >= 0.3 is 0 Å². The van der Waals surface area contributed by atoms with Gasteiger partial charge in [0.15, 0.2) is 12.6 Å². The average Bonchev–Trinajstić information content (AvgIpc) is 2.88. The molecule has 0 N–H and O–H groups in total. The first-order valence-electron chi connectivity index (χ1n) is 14.7. The van der Waals surface area contributed by atoms with Crippen molar-refractivity contribution in [2.45, 2.75) is 117 Å². The molecule has 0 aliphatic carbocycles. The van der Waals surface area contributed by atoms with E-state index in [1.807, 2.05) is 0 Å². The van der Waals surface area contributed by atoms with E-state index in [9.17, 15) is 0 Å². The molecule has 2 atom stereocenters. The molecule has 2 aliphatic rings. The van der Waals surface area contributed by atoms with Crippen LogP contribution in [-0.2, 0) is 18.9 Å². The van der Waals surface area contributed by atoms with Gasteiger partial charge in [-0.25, -0.2) is 0 Å². The van der Waals surface area contributed by atoms with Crippen LogP contribution < -0.4 is 0 Å². The van der Waals surface area contributed by atoms with Gasteiger partial charge in [0.1, 0.15) is 0 Å². The molecule has 1 spiro atoms. The molecule has 2 aliphatic heterocycles. The molecule has 6 heteroatoms. The summed E-state index contributed by atoms with van der Waals surface area (Å²) < 4.78 is 24.7. The molecule has 2 heterocycles. The fraction of sp³-hybridized carbons (Fsp3) is 1.00. The van der Waals surface area contributed by atoms with E-state index in [1.165, 1.54) is 88.6 Å². The molecule has 4 nitrogen and oxygen atoms in total. The van der Waals surface area contributed by atoms with Gasteiger partial charge in [0.2, 0.25) is 0 Å². The van der Waals surface area contributed by atoms with Crippen LogP contribution in [-0.4, -0.2) is 62.0 Å². The SMILES string of the molecule is CCCCCCCCSCC(C)C1OCC2(CO1)COC(C(C)CSCCCCCCCC)OC2. The number of hydrogen-bond acceptors (Lipinski definition) is 6. The van der Waals surface area contributed by atoms with E-state index >= 15 is 0 Å². The quantitative estimate of drug-likeness (QED) is 0.147. The van der Waals surface area contributed by atoms with Crippen LogP contribution in [0.4, 0.5) is 0 Å². The summed E-state index contributed by atoms with van der Waals surface area (Å²) in [5, 5.41) is 0. The lowest BCUT2D eigenvalue weighted by atomic mass is 9.90.